The molecule has 0 fully saturated rings. The number of oxazole rings is 1. The van der Waals surface area contributed by atoms with Gasteiger partial charge in [0.15, 0.2) is 5.89 Å². The summed E-state index contributed by atoms with van der Waals surface area (Å²) in [6, 6.07) is 18.0. The van der Waals surface area contributed by atoms with Gasteiger partial charge < -0.3 is 9.73 Å². The lowest BCUT2D eigenvalue weighted by atomic mass is 10.2. The van der Waals surface area contributed by atoms with Gasteiger partial charge in [0.25, 0.3) is 0 Å². The lowest BCUT2D eigenvalue weighted by Crippen LogP contribution is -2.07. The first-order valence-electron chi connectivity index (χ1n) is 8.19. The third-order valence-corrected chi connectivity index (χ3v) is 5.39. The number of hydrogen-bond acceptors (Lipinski definition) is 5. The highest BCUT2D eigenvalue weighted by Crippen LogP contribution is 2.29. The van der Waals surface area contributed by atoms with E-state index in [2.05, 4.69) is 10.3 Å². The number of anilines is 1. The molecule has 0 radical (unpaired) electrons. The minimum absolute atomic E-state index is 0.0573. The Balaban J connectivity index is 1.95. The Bertz CT molecular complexity index is 920. The lowest BCUT2D eigenvalue weighted by molar-refractivity contribution is 0.501. The van der Waals surface area contributed by atoms with Crippen molar-refractivity contribution in [2.45, 2.75) is 36.2 Å². The summed E-state index contributed by atoms with van der Waals surface area (Å²) in [6.07, 6.45) is 1.41. The maximum atomic E-state index is 12.9. The van der Waals surface area contributed by atoms with E-state index in [9.17, 15) is 8.42 Å². The van der Waals surface area contributed by atoms with Crippen LogP contribution in [0.2, 0.25) is 0 Å². The minimum Gasteiger partial charge on any atom is -0.424 e. The molecule has 1 heterocycles. The average molecular weight is 356 g/mol. The number of benzene rings is 2. The average Bonchev–Trinajstić information content (AvgIpc) is 3.06. The first-order valence-corrected chi connectivity index (χ1v) is 9.67. The fraction of sp³-hybridized carbons (Fsp3) is 0.211. The highest BCUT2D eigenvalue weighted by Gasteiger charge is 2.27. The molecule has 6 heteroatoms. The highest BCUT2D eigenvalue weighted by atomic mass is 32.2. The van der Waals surface area contributed by atoms with E-state index < -0.39 is 9.84 Å². The van der Waals surface area contributed by atoms with E-state index in [1.807, 2.05) is 37.3 Å². The van der Waals surface area contributed by atoms with Crippen LogP contribution in [0.1, 0.15) is 24.8 Å². The second kappa shape index (κ2) is 7.53. The van der Waals surface area contributed by atoms with E-state index in [-0.39, 0.29) is 15.8 Å². The normalized spacial score (nSPS) is 11.4. The van der Waals surface area contributed by atoms with Gasteiger partial charge in [0.05, 0.1) is 4.90 Å². The molecular weight excluding hydrogens is 336 g/mol. The Morgan fingerprint density at radius 3 is 2.28 bits per heavy atom. The first-order chi connectivity index (χ1) is 12.1. The van der Waals surface area contributed by atoms with Crippen molar-refractivity contribution in [1.29, 1.82) is 0 Å². The Labute approximate surface area is 147 Å². The van der Waals surface area contributed by atoms with Crippen LogP contribution >= 0.6 is 0 Å². The van der Waals surface area contributed by atoms with Gasteiger partial charge >= 0.3 is 0 Å². The summed E-state index contributed by atoms with van der Waals surface area (Å²) in [4.78, 5) is 4.45. The molecule has 25 heavy (non-hydrogen) atoms. The number of aromatic nitrogens is 1. The molecular formula is C19H20N2O3S. The summed E-state index contributed by atoms with van der Waals surface area (Å²) in [5, 5.41) is 3.02. The van der Waals surface area contributed by atoms with Gasteiger partial charge in [-0.1, -0.05) is 55.5 Å². The van der Waals surface area contributed by atoms with Gasteiger partial charge in [-0.25, -0.2) is 8.42 Å². The summed E-state index contributed by atoms with van der Waals surface area (Å²) < 4.78 is 31.5. The van der Waals surface area contributed by atoms with Crippen molar-refractivity contribution in [3.05, 3.63) is 72.1 Å². The van der Waals surface area contributed by atoms with Gasteiger partial charge in [-0.3, -0.25) is 0 Å². The van der Waals surface area contributed by atoms with Crippen molar-refractivity contribution in [3.63, 3.8) is 0 Å². The highest BCUT2D eigenvalue weighted by molar-refractivity contribution is 7.91. The van der Waals surface area contributed by atoms with Crippen LogP contribution in [0.15, 0.2) is 75.0 Å². The summed E-state index contributed by atoms with van der Waals surface area (Å²) in [5.41, 5.74) is 1.03. The quantitative estimate of drug-likeness (QED) is 0.691. The van der Waals surface area contributed by atoms with Crippen molar-refractivity contribution in [1.82, 2.24) is 4.98 Å². The molecule has 2 aromatic carbocycles. The molecule has 0 aliphatic rings. The third-order valence-electron chi connectivity index (χ3n) is 3.71. The molecule has 130 valence electrons. The molecule has 0 aliphatic carbocycles. The van der Waals surface area contributed by atoms with Gasteiger partial charge in [-0.05, 0) is 24.1 Å². The van der Waals surface area contributed by atoms with Gasteiger partial charge in [0.2, 0.25) is 20.7 Å². The Kier molecular flexibility index (Phi) is 5.19. The molecule has 1 aromatic heterocycles. The maximum Gasteiger partial charge on any atom is 0.233 e. The van der Waals surface area contributed by atoms with Crippen molar-refractivity contribution < 1.29 is 12.8 Å². The number of nitrogens with one attached hydrogen (secondary N) is 1. The van der Waals surface area contributed by atoms with Crippen LogP contribution in [0.5, 0.6) is 0 Å². The predicted molar refractivity (Wildman–Crippen MR) is 96.2 cm³/mol. The molecule has 0 spiro atoms. The van der Waals surface area contributed by atoms with Crippen molar-refractivity contribution >= 4 is 15.7 Å². The van der Waals surface area contributed by atoms with E-state index in [1.54, 1.807) is 30.3 Å². The molecule has 0 amide bonds. The molecule has 0 aliphatic heterocycles. The van der Waals surface area contributed by atoms with Crippen molar-refractivity contribution in [2.75, 3.05) is 5.32 Å². The second-order valence-corrected chi connectivity index (χ2v) is 7.51. The van der Waals surface area contributed by atoms with E-state index in [0.29, 0.717) is 18.9 Å². The zero-order chi connectivity index (χ0) is 17.7. The van der Waals surface area contributed by atoms with Gasteiger partial charge in [-0.15, -0.1) is 0 Å². The number of aryl methyl sites for hydroxylation is 1. The van der Waals surface area contributed by atoms with Crippen molar-refractivity contribution in [3.8, 4) is 0 Å². The molecule has 5 nitrogen and oxygen atoms in total. The molecule has 0 bridgehead atoms. The molecule has 3 rings (SSSR count). The van der Waals surface area contributed by atoms with Crippen molar-refractivity contribution in [2.24, 2.45) is 0 Å². The van der Waals surface area contributed by atoms with E-state index in [1.165, 1.54) is 0 Å². The summed E-state index contributed by atoms with van der Waals surface area (Å²) >= 11 is 0. The molecule has 0 saturated heterocycles. The predicted octanol–water partition coefficient (Wildman–Crippen LogP) is 4.07. The fourth-order valence-corrected chi connectivity index (χ4v) is 3.77. The van der Waals surface area contributed by atoms with Crippen LogP contribution in [0.4, 0.5) is 5.88 Å². The van der Waals surface area contributed by atoms with Crippen LogP contribution in [0.25, 0.3) is 0 Å². The zero-order valence-corrected chi connectivity index (χ0v) is 14.8. The molecule has 3 aromatic rings. The van der Waals surface area contributed by atoms with Crippen LogP contribution < -0.4 is 5.32 Å². The van der Waals surface area contributed by atoms with Gasteiger partial charge in [0, 0.05) is 13.0 Å². The second-order valence-electron chi connectivity index (χ2n) is 5.65. The summed E-state index contributed by atoms with van der Waals surface area (Å²) in [6.45, 7) is 2.45. The first kappa shape index (κ1) is 17.2. The van der Waals surface area contributed by atoms with E-state index in [0.717, 1.165) is 12.0 Å². The SMILES string of the molecule is CCCc1nc(S(=O)(=O)c2ccccc2)c(NCc2ccccc2)o1. The fourth-order valence-electron chi connectivity index (χ4n) is 2.45. The summed E-state index contributed by atoms with van der Waals surface area (Å²) in [7, 11) is -3.74. The number of nitrogens with zero attached hydrogens (tertiary/aromatic N) is 1. The van der Waals surface area contributed by atoms with Gasteiger partial charge in [-0.2, -0.15) is 4.98 Å². The minimum atomic E-state index is -3.74. The van der Waals surface area contributed by atoms with Gasteiger partial charge in [0.1, 0.15) is 0 Å². The van der Waals surface area contributed by atoms with Crippen LogP contribution in [0, 0.1) is 0 Å². The lowest BCUT2D eigenvalue weighted by Gasteiger charge is -2.06. The summed E-state index contributed by atoms with van der Waals surface area (Å²) in [5.74, 6) is 0.615. The molecule has 1 N–H and O–H groups in total. The number of sulfone groups is 1. The van der Waals surface area contributed by atoms with Crippen LogP contribution in [-0.4, -0.2) is 13.4 Å². The standard InChI is InChI=1S/C19H20N2O3S/c1-2-9-17-21-19(25(22,23)16-12-7-4-8-13-16)18(24-17)20-14-15-10-5-3-6-11-15/h3-8,10-13,20H,2,9,14H2,1H3. The Hall–Kier alpha value is -2.60. The topological polar surface area (TPSA) is 72.2 Å². The number of rotatable bonds is 7. The number of hydrogen-bond donors (Lipinski definition) is 1. The molecule has 0 saturated carbocycles. The smallest absolute Gasteiger partial charge is 0.233 e. The zero-order valence-electron chi connectivity index (χ0n) is 14.0. The monoisotopic (exact) mass is 356 g/mol. The van der Waals surface area contributed by atoms with E-state index >= 15 is 0 Å². The third kappa shape index (κ3) is 3.91. The molecule has 0 atom stereocenters. The van der Waals surface area contributed by atoms with Crippen LogP contribution in [0.3, 0.4) is 0 Å². The van der Waals surface area contributed by atoms with Crippen LogP contribution in [-0.2, 0) is 22.8 Å². The van der Waals surface area contributed by atoms with E-state index in [4.69, 9.17) is 4.42 Å². The molecule has 0 unspecified atom stereocenters. The Morgan fingerprint density at radius 1 is 1.00 bits per heavy atom. The Morgan fingerprint density at radius 2 is 1.64 bits per heavy atom. The maximum absolute atomic E-state index is 12.9. The largest absolute Gasteiger partial charge is 0.424 e.